The molecule has 3 unspecified atom stereocenters. The van der Waals surface area contributed by atoms with E-state index in [1.165, 1.54) is 0 Å². The highest BCUT2D eigenvalue weighted by atomic mass is 32.2. The second-order valence-electron chi connectivity index (χ2n) is 5.04. The van der Waals surface area contributed by atoms with E-state index in [4.69, 9.17) is 0 Å². The van der Waals surface area contributed by atoms with Crippen LogP contribution in [0.1, 0.15) is 32.1 Å². The first kappa shape index (κ1) is 13.6. The molecule has 0 amide bonds. The van der Waals surface area contributed by atoms with Gasteiger partial charge in [0.25, 0.3) is 0 Å². The van der Waals surface area contributed by atoms with Crippen LogP contribution in [0.2, 0.25) is 0 Å². The molecule has 2 bridgehead atoms. The predicted octanol–water partition coefficient (Wildman–Crippen LogP) is 1.42. The summed E-state index contributed by atoms with van der Waals surface area (Å²) in [5, 5.41) is 11.3. The summed E-state index contributed by atoms with van der Waals surface area (Å²) in [6, 6.07) is 0. The molecule has 2 fully saturated rings. The minimum Gasteiger partial charge on any atom is -0.861 e. The van der Waals surface area contributed by atoms with E-state index >= 15 is 0 Å². The highest BCUT2D eigenvalue weighted by Crippen LogP contribution is 2.49. The molecular weight excluding hydrogens is 271 g/mol. The molecule has 104 valence electrons. The van der Waals surface area contributed by atoms with Crippen molar-refractivity contribution in [2.24, 2.45) is 22.2 Å². The summed E-state index contributed by atoms with van der Waals surface area (Å²) in [5.74, 6) is -0.275. The first-order valence-corrected chi connectivity index (χ1v) is 7.20. The normalized spacial score (nSPS) is 33.1. The summed E-state index contributed by atoms with van der Waals surface area (Å²) in [4.78, 5) is 0. The van der Waals surface area contributed by atoms with Crippen molar-refractivity contribution in [3.63, 3.8) is 0 Å². The number of rotatable bonds is 3. The molecule has 2 saturated carbocycles. The smallest absolute Gasteiger partial charge is 0.518 e. The van der Waals surface area contributed by atoms with Crippen molar-refractivity contribution in [1.29, 1.82) is 0 Å². The summed E-state index contributed by atoms with van der Waals surface area (Å²) in [7, 11) is -5.68. The molecule has 0 aromatic rings. The van der Waals surface area contributed by atoms with Crippen molar-refractivity contribution < 1.29 is 26.7 Å². The largest absolute Gasteiger partial charge is 0.861 e. The van der Waals surface area contributed by atoms with Gasteiger partial charge in [-0.15, -0.1) is 0 Å². The Morgan fingerprint density at radius 1 is 1.28 bits per heavy atom. The van der Waals surface area contributed by atoms with Crippen LogP contribution in [0, 0.1) is 17.8 Å². The molecule has 0 saturated heterocycles. The Labute approximate surface area is 103 Å². The lowest BCUT2D eigenvalue weighted by Crippen LogP contribution is -2.29. The molecule has 3 atom stereocenters. The number of hydrogen-bond donors (Lipinski definition) is 0. The van der Waals surface area contributed by atoms with Crippen LogP contribution in [0.3, 0.4) is 0 Å². The van der Waals surface area contributed by atoms with Crippen molar-refractivity contribution in [2.75, 3.05) is 0 Å². The minimum atomic E-state index is -5.68. The Hall–Kier alpha value is -0.790. The number of alkyl halides is 3. The highest BCUT2D eigenvalue weighted by molar-refractivity contribution is 7.91. The molecule has 2 aliphatic rings. The zero-order chi connectivity index (χ0) is 13.6. The van der Waals surface area contributed by atoms with Crippen LogP contribution in [-0.4, -0.2) is 19.8 Å². The fraction of sp³-hybridized carbons (Fsp3) is 0.900. The molecule has 4 nitrogen and oxygen atoms in total. The van der Waals surface area contributed by atoms with Gasteiger partial charge >= 0.3 is 15.5 Å². The van der Waals surface area contributed by atoms with E-state index in [0.717, 1.165) is 25.7 Å². The third kappa shape index (κ3) is 2.62. The Balaban J connectivity index is 2.02. The van der Waals surface area contributed by atoms with E-state index in [9.17, 15) is 26.7 Å². The van der Waals surface area contributed by atoms with Gasteiger partial charge in [0, 0.05) is 0 Å². The Kier molecular flexibility index (Phi) is 3.33. The molecule has 0 aromatic heterocycles. The summed E-state index contributed by atoms with van der Waals surface area (Å²) in [6.07, 6.45) is 3.71. The van der Waals surface area contributed by atoms with Gasteiger partial charge in [0.15, 0.2) is 0 Å². The summed E-state index contributed by atoms with van der Waals surface area (Å²) < 4.78 is 59.8. The first-order valence-electron chi connectivity index (χ1n) is 5.76. The summed E-state index contributed by atoms with van der Waals surface area (Å²) in [6.45, 7) is 0. The lowest BCUT2D eigenvalue weighted by atomic mass is 9.86. The number of nitrogens with zero attached hydrogens (tertiary/aromatic N) is 1. The SMILES string of the molecule is O=S(=O)(/N=C(\[O-])CC1CC2CCC1C2)C(F)(F)F. The zero-order valence-corrected chi connectivity index (χ0v) is 10.3. The fourth-order valence-corrected chi connectivity index (χ4v) is 3.52. The van der Waals surface area contributed by atoms with Crippen molar-refractivity contribution in [1.82, 2.24) is 0 Å². The predicted molar refractivity (Wildman–Crippen MR) is 56.0 cm³/mol. The molecule has 0 spiro atoms. The molecule has 0 N–H and O–H groups in total. The number of sulfonamides is 1. The maximum Gasteiger partial charge on any atom is 0.518 e. The van der Waals surface area contributed by atoms with Gasteiger partial charge in [0.05, 0.1) is 0 Å². The highest BCUT2D eigenvalue weighted by Gasteiger charge is 2.46. The molecular formula is C10H13F3NO3S-. The quantitative estimate of drug-likeness (QED) is 0.581. The van der Waals surface area contributed by atoms with Crippen LogP contribution in [0.25, 0.3) is 0 Å². The fourth-order valence-electron chi connectivity index (χ4n) is 3.07. The first-order chi connectivity index (χ1) is 8.19. The average Bonchev–Trinajstić information content (AvgIpc) is 2.75. The molecule has 0 heterocycles. The summed E-state index contributed by atoms with van der Waals surface area (Å²) in [5.41, 5.74) is -5.49. The van der Waals surface area contributed by atoms with Crippen LogP contribution >= 0.6 is 0 Å². The standard InChI is InChI=1S/C10H14F3NO3S/c11-10(12,13)18(16,17)14-9(15)5-8-4-6-1-2-7(8)3-6/h6-8H,1-5H2,(H,14,15)/p-1. The lowest BCUT2D eigenvalue weighted by Gasteiger charge is -2.24. The van der Waals surface area contributed by atoms with Gasteiger partial charge in [0.2, 0.25) is 0 Å². The number of halogens is 3. The number of hydrogen-bond acceptors (Lipinski definition) is 3. The lowest BCUT2D eigenvalue weighted by molar-refractivity contribution is -0.219. The van der Waals surface area contributed by atoms with E-state index in [2.05, 4.69) is 4.40 Å². The van der Waals surface area contributed by atoms with Crippen molar-refractivity contribution in [3.8, 4) is 0 Å². The molecule has 0 aliphatic heterocycles. The average molecular weight is 284 g/mol. The van der Waals surface area contributed by atoms with Gasteiger partial charge in [-0.05, 0) is 49.3 Å². The molecule has 2 rings (SSSR count). The van der Waals surface area contributed by atoms with Crippen LogP contribution < -0.4 is 5.11 Å². The second kappa shape index (κ2) is 4.40. The van der Waals surface area contributed by atoms with Crippen LogP contribution in [0.5, 0.6) is 0 Å². The van der Waals surface area contributed by atoms with Crippen LogP contribution in [-0.2, 0) is 10.0 Å². The van der Waals surface area contributed by atoms with Crippen molar-refractivity contribution >= 4 is 15.9 Å². The summed E-state index contributed by atoms with van der Waals surface area (Å²) >= 11 is 0. The monoisotopic (exact) mass is 284 g/mol. The van der Waals surface area contributed by atoms with Gasteiger partial charge in [-0.1, -0.05) is 6.42 Å². The number of fused-ring (bicyclic) bond motifs is 2. The Morgan fingerprint density at radius 2 is 1.94 bits per heavy atom. The molecule has 2 aliphatic carbocycles. The Morgan fingerprint density at radius 3 is 2.39 bits per heavy atom. The third-order valence-corrected chi connectivity index (χ3v) is 4.86. The maximum atomic E-state index is 12.0. The van der Waals surface area contributed by atoms with Crippen LogP contribution in [0.4, 0.5) is 13.2 Å². The molecule has 18 heavy (non-hydrogen) atoms. The van der Waals surface area contributed by atoms with E-state index in [1.807, 2.05) is 0 Å². The molecule has 0 radical (unpaired) electrons. The minimum absolute atomic E-state index is 0.00318. The van der Waals surface area contributed by atoms with Gasteiger partial charge in [-0.25, -0.2) is 0 Å². The Bertz CT molecular complexity index is 457. The van der Waals surface area contributed by atoms with E-state index < -0.39 is 21.4 Å². The van der Waals surface area contributed by atoms with Crippen LogP contribution in [0.15, 0.2) is 4.40 Å². The van der Waals surface area contributed by atoms with Gasteiger partial charge in [-0.2, -0.15) is 26.0 Å². The van der Waals surface area contributed by atoms with E-state index in [-0.39, 0.29) is 12.3 Å². The molecule has 8 heteroatoms. The molecule has 0 aromatic carbocycles. The van der Waals surface area contributed by atoms with Gasteiger partial charge in [-0.3, -0.25) is 0 Å². The topological polar surface area (TPSA) is 69.6 Å². The van der Waals surface area contributed by atoms with Crippen molar-refractivity contribution in [3.05, 3.63) is 0 Å². The van der Waals surface area contributed by atoms with E-state index in [0.29, 0.717) is 11.8 Å². The zero-order valence-electron chi connectivity index (χ0n) is 9.48. The second-order valence-corrected chi connectivity index (χ2v) is 6.64. The third-order valence-electron chi connectivity index (χ3n) is 3.84. The van der Waals surface area contributed by atoms with Gasteiger partial charge in [0.1, 0.15) is 0 Å². The van der Waals surface area contributed by atoms with Gasteiger partial charge < -0.3 is 5.11 Å². The van der Waals surface area contributed by atoms with Crippen molar-refractivity contribution in [2.45, 2.75) is 37.6 Å². The maximum absolute atomic E-state index is 12.0. The van der Waals surface area contributed by atoms with E-state index in [1.54, 1.807) is 0 Å².